The monoisotopic (exact) mass is 642 g/mol. The van der Waals surface area contributed by atoms with Crippen LogP contribution in [-0.4, -0.2) is 62.6 Å². The molecule has 4 aromatic rings. The van der Waals surface area contributed by atoms with Crippen LogP contribution < -0.4 is 19.1 Å². The predicted molar refractivity (Wildman–Crippen MR) is 175 cm³/mol. The third-order valence-electron chi connectivity index (χ3n) is 7.28. The summed E-state index contributed by atoms with van der Waals surface area (Å²) in [7, 11) is 6.61. The molecule has 12 heteroatoms. The van der Waals surface area contributed by atoms with Gasteiger partial charge in [-0.2, -0.15) is 9.98 Å². The highest BCUT2D eigenvalue weighted by Crippen LogP contribution is 2.28. The van der Waals surface area contributed by atoms with E-state index in [1.165, 1.54) is 22.7 Å². The topological polar surface area (TPSA) is 106 Å². The van der Waals surface area contributed by atoms with Crippen molar-refractivity contribution >= 4 is 54.9 Å². The molecule has 44 heavy (non-hydrogen) atoms. The number of ether oxygens (including phenoxy) is 4. The largest absolute Gasteiger partial charge is 0.495 e. The number of methoxy groups -OCH3 is 4. The maximum absolute atomic E-state index is 12.7. The number of para-hydroxylation sites is 2. The molecule has 0 aliphatic carbocycles. The van der Waals surface area contributed by atoms with Crippen LogP contribution >= 0.6 is 22.7 Å². The average molecular weight is 643 g/mol. The lowest BCUT2D eigenvalue weighted by molar-refractivity contribution is -0.119. The minimum Gasteiger partial charge on any atom is -0.495 e. The van der Waals surface area contributed by atoms with Crippen molar-refractivity contribution in [3.05, 3.63) is 46.0 Å². The zero-order valence-corrected chi connectivity index (χ0v) is 27.6. The number of unbranched alkanes of at least 4 members (excludes halogenated alkanes) is 5. The molecular formula is C32H42N4O6S2. The van der Waals surface area contributed by atoms with Gasteiger partial charge in [0.05, 0.1) is 36.8 Å². The third-order valence-corrected chi connectivity index (χ3v) is 9.37. The molecule has 0 N–H and O–H groups in total. The summed E-state index contributed by atoms with van der Waals surface area (Å²) >= 11 is 2.97. The molecular weight excluding hydrogens is 601 g/mol. The van der Waals surface area contributed by atoms with Gasteiger partial charge in [-0.1, -0.05) is 60.5 Å². The average Bonchev–Trinajstić information content (AvgIpc) is 3.56. The number of benzene rings is 2. The molecule has 0 radical (unpaired) electrons. The molecule has 0 atom stereocenters. The van der Waals surface area contributed by atoms with E-state index in [1.54, 1.807) is 28.4 Å². The van der Waals surface area contributed by atoms with Crippen molar-refractivity contribution in [2.75, 3.05) is 41.7 Å². The van der Waals surface area contributed by atoms with Crippen molar-refractivity contribution in [2.45, 2.75) is 64.5 Å². The van der Waals surface area contributed by atoms with Crippen LogP contribution in [0.5, 0.6) is 11.5 Å². The van der Waals surface area contributed by atoms with Crippen LogP contribution in [0.25, 0.3) is 20.4 Å². The maximum atomic E-state index is 12.7. The number of amides is 2. The molecule has 2 heterocycles. The van der Waals surface area contributed by atoms with Gasteiger partial charge in [-0.05, 0) is 37.1 Å². The van der Waals surface area contributed by atoms with Crippen LogP contribution in [0.1, 0.15) is 51.4 Å². The second kappa shape index (κ2) is 17.2. The fraction of sp³-hybridized carbons (Fsp3) is 0.500. The van der Waals surface area contributed by atoms with Gasteiger partial charge < -0.3 is 28.1 Å². The summed E-state index contributed by atoms with van der Waals surface area (Å²) in [5.74, 6) is 1.28. The molecule has 0 spiro atoms. The van der Waals surface area contributed by atoms with Crippen molar-refractivity contribution in [3.63, 3.8) is 0 Å². The lowest BCUT2D eigenvalue weighted by Crippen LogP contribution is -2.19. The van der Waals surface area contributed by atoms with Crippen molar-refractivity contribution in [3.8, 4) is 11.5 Å². The smallest absolute Gasteiger partial charge is 0.248 e. The Morgan fingerprint density at radius 3 is 1.43 bits per heavy atom. The molecule has 0 fully saturated rings. The van der Waals surface area contributed by atoms with Gasteiger partial charge in [0.25, 0.3) is 0 Å². The number of carbonyl (C=O) groups is 2. The summed E-state index contributed by atoms with van der Waals surface area (Å²) in [6, 6.07) is 11.7. The molecule has 2 aromatic heterocycles. The molecule has 2 amide bonds. The molecule has 0 bridgehead atoms. The van der Waals surface area contributed by atoms with E-state index in [-0.39, 0.29) is 11.8 Å². The molecule has 0 aliphatic rings. The van der Waals surface area contributed by atoms with Crippen molar-refractivity contribution in [1.82, 2.24) is 9.13 Å². The van der Waals surface area contributed by atoms with E-state index in [0.717, 1.165) is 70.5 Å². The van der Waals surface area contributed by atoms with E-state index in [2.05, 4.69) is 9.98 Å². The van der Waals surface area contributed by atoms with Crippen LogP contribution in [0.2, 0.25) is 0 Å². The first-order valence-electron chi connectivity index (χ1n) is 15.0. The van der Waals surface area contributed by atoms with Crippen molar-refractivity contribution in [1.29, 1.82) is 0 Å². The summed E-state index contributed by atoms with van der Waals surface area (Å²) in [6.45, 7) is 2.20. The predicted octanol–water partition coefficient (Wildman–Crippen LogP) is 5.70. The Kier molecular flexibility index (Phi) is 13.2. The van der Waals surface area contributed by atoms with E-state index in [1.807, 2.05) is 45.5 Å². The van der Waals surface area contributed by atoms with Gasteiger partial charge in [-0.3, -0.25) is 9.59 Å². The van der Waals surface area contributed by atoms with E-state index in [9.17, 15) is 9.59 Å². The summed E-state index contributed by atoms with van der Waals surface area (Å²) in [6.07, 6.45) is 6.34. The summed E-state index contributed by atoms with van der Waals surface area (Å²) in [5.41, 5.74) is 1.87. The maximum Gasteiger partial charge on any atom is 0.248 e. The highest BCUT2D eigenvalue weighted by molar-refractivity contribution is 7.16. The fourth-order valence-corrected chi connectivity index (χ4v) is 7.24. The van der Waals surface area contributed by atoms with Gasteiger partial charge in [0.15, 0.2) is 9.60 Å². The first-order chi connectivity index (χ1) is 21.5. The summed E-state index contributed by atoms with van der Waals surface area (Å²) in [4.78, 5) is 35.6. The molecule has 10 nitrogen and oxygen atoms in total. The van der Waals surface area contributed by atoms with Gasteiger partial charge in [0, 0.05) is 40.2 Å². The normalized spacial score (nSPS) is 12.5. The molecule has 4 rings (SSSR count). The van der Waals surface area contributed by atoms with Gasteiger partial charge in [0.2, 0.25) is 11.8 Å². The highest BCUT2D eigenvalue weighted by Gasteiger charge is 2.14. The minimum absolute atomic E-state index is 0.115. The Morgan fingerprint density at radius 1 is 0.636 bits per heavy atom. The first-order valence-corrected chi connectivity index (χ1v) is 16.6. The van der Waals surface area contributed by atoms with Gasteiger partial charge in [-0.15, -0.1) is 0 Å². The second-order valence-corrected chi connectivity index (χ2v) is 12.3. The number of rotatable bonds is 17. The van der Waals surface area contributed by atoms with E-state index in [4.69, 9.17) is 18.9 Å². The number of fused-ring (bicyclic) bond motifs is 2. The van der Waals surface area contributed by atoms with Crippen LogP contribution in [-0.2, 0) is 32.2 Å². The molecule has 0 saturated heterocycles. The highest BCUT2D eigenvalue weighted by atomic mass is 32.1. The van der Waals surface area contributed by atoms with Crippen molar-refractivity contribution in [2.24, 2.45) is 9.98 Å². The number of thiazole rings is 2. The quantitative estimate of drug-likeness (QED) is 0.137. The fourth-order valence-electron chi connectivity index (χ4n) is 5.06. The minimum atomic E-state index is -0.115. The lowest BCUT2D eigenvalue weighted by atomic mass is 10.1. The van der Waals surface area contributed by atoms with E-state index >= 15 is 0 Å². The molecule has 0 unspecified atom stereocenters. The first kappa shape index (κ1) is 33.6. The number of hydrogen-bond acceptors (Lipinski definition) is 8. The van der Waals surface area contributed by atoms with Gasteiger partial charge >= 0.3 is 0 Å². The Morgan fingerprint density at radius 2 is 1.05 bits per heavy atom. The number of aromatic nitrogens is 2. The van der Waals surface area contributed by atoms with Crippen LogP contribution in [0.3, 0.4) is 0 Å². The van der Waals surface area contributed by atoms with E-state index in [0.29, 0.717) is 48.7 Å². The molecule has 0 saturated carbocycles. The standard InChI is InChI=1S/C32H42N4O6S2/c1-39-21-19-35-29-23(41-3)13-11-15-25(29)43-31(35)33-27(37)17-9-7-5-6-8-10-18-28(38)34-32-36(20-22-40-2)30-24(42-4)14-12-16-26(30)44-32/h11-16H,5-10,17-22H2,1-4H3. The Labute approximate surface area is 265 Å². The molecule has 0 aliphatic heterocycles. The van der Waals surface area contributed by atoms with Crippen LogP contribution in [0.15, 0.2) is 46.4 Å². The Hall–Kier alpha value is -3.32. The zero-order chi connectivity index (χ0) is 31.3. The third kappa shape index (κ3) is 8.65. The lowest BCUT2D eigenvalue weighted by Gasteiger charge is -2.08. The molecule has 2 aromatic carbocycles. The van der Waals surface area contributed by atoms with E-state index < -0.39 is 0 Å². The Balaban J connectivity index is 1.23. The number of hydrogen-bond donors (Lipinski definition) is 0. The second-order valence-electron chi connectivity index (χ2n) is 10.3. The summed E-state index contributed by atoms with van der Waals surface area (Å²) < 4.78 is 27.7. The van der Waals surface area contributed by atoms with Crippen molar-refractivity contribution < 1.29 is 28.5 Å². The van der Waals surface area contributed by atoms with Gasteiger partial charge in [-0.25, -0.2) is 0 Å². The van der Waals surface area contributed by atoms with Crippen LogP contribution in [0, 0.1) is 0 Å². The summed E-state index contributed by atoms with van der Waals surface area (Å²) in [5, 5.41) is 0. The number of nitrogens with zero attached hydrogens (tertiary/aromatic N) is 4. The van der Waals surface area contributed by atoms with Gasteiger partial charge in [0.1, 0.15) is 22.5 Å². The van der Waals surface area contributed by atoms with Crippen LogP contribution in [0.4, 0.5) is 0 Å². The molecule has 238 valence electrons. The Bertz CT molecular complexity index is 1560. The number of carbonyl (C=O) groups excluding carboxylic acids is 2. The SMILES string of the molecule is COCCn1c(=NC(=O)CCCCCCCCC(=O)N=c2sc3cccc(OC)c3n2CCOC)sc2cccc(OC)c21. The zero-order valence-electron chi connectivity index (χ0n) is 26.0.